The van der Waals surface area contributed by atoms with Gasteiger partial charge >= 0.3 is 5.97 Å². The van der Waals surface area contributed by atoms with Gasteiger partial charge in [0.25, 0.3) is 0 Å². The van der Waals surface area contributed by atoms with Gasteiger partial charge in [-0.15, -0.1) is 0 Å². The second-order valence-corrected chi connectivity index (χ2v) is 8.98. The summed E-state index contributed by atoms with van der Waals surface area (Å²) in [6, 6.07) is 0. The van der Waals surface area contributed by atoms with Crippen molar-refractivity contribution in [2.45, 2.75) is 148 Å². The van der Waals surface area contributed by atoms with Gasteiger partial charge < -0.3 is 9.84 Å². The maximum absolute atomic E-state index is 12.0. The van der Waals surface area contributed by atoms with Crippen molar-refractivity contribution < 1.29 is 14.6 Å². The van der Waals surface area contributed by atoms with Crippen LogP contribution in [0.5, 0.6) is 0 Å². The van der Waals surface area contributed by atoms with Crippen molar-refractivity contribution in [2.75, 3.05) is 6.61 Å². The number of aliphatic hydroxyl groups excluding tert-OH is 1. The highest BCUT2D eigenvalue weighted by atomic mass is 16.5. The molecule has 3 heteroatoms. The Labute approximate surface area is 188 Å². The Kier molecular flexibility index (Phi) is 22.2. The molecule has 0 fully saturated rings. The third kappa shape index (κ3) is 19.2. The van der Waals surface area contributed by atoms with Crippen LogP contribution in [-0.2, 0) is 9.53 Å². The number of aliphatic hydroxyl groups is 1. The van der Waals surface area contributed by atoms with E-state index in [1.165, 1.54) is 96.3 Å². The average Bonchev–Trinajstić information content (AvgIpc) is 2.75. The summed E-state index contributed by atoms with van der Waals surface area (Å²) in [6.07, 6.45) is 23.7. The minimum atomic E-state index is -0.755. The van der Waals surface area contributed by atoms with Crippen molar-refractivity contribution in [3.63, 3.8) is 0 Å². The second-order valence-electron chi connectivity index (χ2n) is 8.98. The van der Waals surface area contributed by atoms with Gasteiger partial charge in [-0.2, -0.15) is 0 Å². The van der Waals surface area contributed by atoms with E-state index in [4.69, 9.17) is 4.74 Å². The van der Waals surface area contributed by atoms with Gasteiger partial charge in [0.2, 0.25) is 0 Å². The Morgan fingerprint density at radius 3 is 1.47 bits per heavy atom. The van der Waals surface area contributed by atoms with Crippen molar-refractivity contribution in [3.8, 4) is 0 Å². The number of carbonyl (C=O) groups excluding carboxylic acids is 1. The standard InChI is InChI=1S/C27H52O3/c1-4-6-8-10-12-14-16-18-20-22-24-30-27(29)25(3)26(28)23-21-19-17-15-13-11-9-7-5-2/h26,28H,3-24H2,1-2H3. The van der Waals surface area contributed by atoms with E-state index >= 15 is 0 Å². The SMILES string of the molecule is C=C(C(=O)OCCCCCCCCCCCC)C(O)CCCCCCCCCCC. The largest absolute Gasteiger partial charge is 0.462 e. The molecule has 0 rings (SSSR count). The Morgan fingerprint density at radius 2 is 1.03 bits per heavy atom. The van der Waals surface area contributed by atoms with Crippen molar-refractivity contribution >= 4 is 5.97 Å². The van der Waals surface area contributed by atoms with Crippen LogP contribution in [0, 0.1) is 0 Å². The van der Waals surface area contributed by atoms with Crippen LogP contribution in [0.15, 0.2) is 12.2 Å². The van der Waals surface area contributed by atoms with E-state index in [0.29, 0.717) is 13.0 Å². The highest BCUT2D eigenvalue weighted by molar-refractivity contribution is 5.88. The van der Waals surface area contributed by atoms with Crippen LogP contribution in [0.4, 0.5) is 0 Å². The molecule has 0 saturated heterocycles. The molecule has 178 valence electrons. The summed E-state index contributed by atoms with van der Waals surface area (Å²) >= 11 is 0. The van der Waals surface area contributed by atoms with E-state index in [0.717, 1.165) is 25.7 Å². The number of carbonyl (C=O) groups is 1. The quantitative estimate of drug-likeness (QED) is 0.102. The van der Waals surface area contributed by atoms with E-state index in [-0.39, 0.29) is 5.57 Å². The maximum atomic E-state index is 12.0. The molecule has 1 atom stereocenters. The minimum Gasteiger partial charge on any atom is -0.462 e. The number of unbranched alkanes of at least 4 members (excludes halogenated alkanes) is 17. The molecule has 30 heavy (non-hydrogen) atoms. The van der Waals surface area contributed by atoms with Crippen LogP contribution < -0.4 is 0 Å². The van der Waals surface area contributed by atoms with Crippen molar-refractivity contribution in [3.05, 3.63) is 12.2 Å². The number of ether oxygens (including phenoxy) is 1. The van der Waals surface area contributed by atoms with Crippen LogP contribution in [0.2, 0.25) is 0 Å². The van der Waals surface area contributed by atoms with Crippen LogP contribution >= 0.6 is 0 Å². The summed E-state index contributed by atoms with van der Waals surface area (Å²) in [7, 11) is 0. The zero-order valence-corrected chi connectivity index (χ0v) is 20.4. The first-order chi connectivity index (χ1) is 14.6. The molecule has 3 nitrogen and oxygen atoms in total. The Hall–Kier alpha value is -0.830. The van der Waals surface area contributed by atoms with Gasteiger partial charge in [-0.1, -0.05) is 136 Å². The lowest BCUT2D eigenvalue weighted by atomic mass is 10.0. The van der Waals surface area contributed by atoms with Gasteiger partial charge in [-0.3, -0.25) is 0 Å². The van der Waals surface area contributed by atoms with E-state index in [9.17, 15) is 9.90 Å². The third-order valence-electron chi connectivity index (χ3n) is 5.98. The molecule has 1 N–H and O–H groups in total. The molecule has 0 saturated carbocycles. The smallest absolute Gasteiger partial charge is 0.336 e. The Balaban J connectivity index is 3.49. The maximum Gasteiger partial charge on any atom is 0.336 e. The Morgan fingerprint density at radius 1 is 0.667 bits per heavy atom. The average molecular weight is 425 g/mol. The molecule has 0 radical (unpaired) electrons. The van der Waals surface area contributed by atoms with E-state index in [2.05, 4.69) is 20.4 Å². The molecule has 0 aromatic carbocycles. The van der Waals surface area contributed by atoms with Gasteiger partial charge in [-0.05, 0) is 12.8 Å². The summed E-state index contributed by atoms with van der Waals surface area (Å²) in [5.41, 5.74) is 0.224. The van der Waals surface area contributed by atoms with Crippen LogP contribution in [0.3, 0.4) is 0 Å². The highest BCUT2D eigenvalue weighted by Crippen LogP contribution is 2.15. The zero-order valence-electron chi connectivity index (χ0n) is 20.4. The molecule has 0 bridgehead atoms. The third-order valence-corrected chi connectivity index (χ3v) is 5.98. The van der Waals surface area contributed by atoms with Crippen molar-refractivity contribution in [1.29, 1.82) is 0 Å². The first-order valence-electron chi connectivity index (χ1n) is 13.2. The molecule has 0 aromatic heterocycles. The number of hydrogen-bond donors (Lipinski definition) is 1. The predicted octanol–water partition coefficient (Wildman–Crippen LogP) is 8.29. The molecule has 0 aromatic rings. The Bertz CT molecular complexity index is 392. The van der Waals surface area contributed by atoms with Gasteiger partial charge in [0.05, 0.1) is 18.3 Å². The van der Waals surface area contributed by atoms with Gasteiger partial charge in [0.15, 0.2) is 0 Å². The topological polar surface area (TPSA) is 46.5 Å². The molecule has 0 spiro atoms. The molecule has 0 heterocycles. The van der Waals surface area contributed by atoms with Crippen LogP contribution in [0.25, 0.3) is 0 Å². The van der Waals surface area contributed by atoms with E-state index in [1.54, 1.807) is 0 Å². The summed E-state index contributed by atoms with van der Waals surface area (Å²) in [5.74, 6) is -0.422. The molecule has 0 aliphatic carbocycles. The highest BCUT2D eigenvalue weighted by Gasteiger charge is 2.17. The molecule has 1 unspecified atom stereocenters. The number of hydrogen-bond acceptors (Lipinski definition) is 3. The second kappa shape index (κ2) is 22.8. The summed E-state index contributed by atoms with van der Waals surface area (Å²) in [4.78, 5) is 12.0. The summed E-state index contributed by atoms with van der Waals surface area (Å²) in [5, 5.41) is 10.2. The van der Waals surface area contributed by atoms with Crippen LogP contribution in [-0.4, -0.2) is 23.8 Å². The molecular formula is C27H52O3. The summed E-state index contributed by atoms with van der Waals surface area (Å²) < 4.78 is 5.29. The first kappa shape index (κ1) is 29.2. The summed E-state index contributed by atoms with van der Waals surface area (Å²) in [6.45, 7) is 8.69. The molecule has 0 aliphatic heterocycles. The van der Waals surface area contributed by atoms with E-state index < -0.39 is 12.1 Å². The monoisotopic (exact) mass is 424 g/mol. The fourth-order valence-electron chi connectivity index (χ4n) is 3.81. The zero-order chi connectivity index (χ0) is 22.3. The van der Waals surface area contributed by atoms with Crippen molar-refractivity contribution in [1.82, 2.24) is 0 Å². The van der Waals surface area contributed by atoms with Gasteiger partial charge in [-0.25, -0.2) is 4.79 Å². The lowest BCUT2D eigenvalue weighted by Gasteiger charge is -2.13. The fraction of sp³-hybridized carbons (Fsp3) is 0.889. The number of rotatable bonds is 23. The first-order valence-corrected chi connectivity index (χ1v) is 13.2. The lowest BCUT2D eigenvalue weighted by molar-refractivity contribution is -0.140. The van der Waals surface area contributed by atoms with Crippen molar-refractivity contribution in [2.24, 2.45) is 0 Å². The molecule has 0 amide bonds. The number of esters is 1. The predicted molar refractivity (Wildman–Crippen MR) is 130 cm³/mol. The normalized spacial score (nSPS) is 12.1. The fourth-order valence-corrected chi connectivity index (χ4v) is 3.81. The minimum absolute atomic E-state index is 0.224. The lowest BCUT2D eigenvalue weighted by Crippen LogP contribution is -2.19. The van der Waals surface area contributed by atoms with Gasteiger partial charge in [0, 0.05) is 0 Å². The van der Waals surface area contributed by atoms with Gasteiger partial charge in [0.1, 0.15) is 0 Å². The molecular weight excluding hydrogens is 372 g/mol. The van der Waals surface area contributed by atoms with E-state index in [1.807, 2.05) is 0 Å². The molecule has 0 aliphatic rings. The van der Waals surface area contributed by atoms with Crippen LogP contribution in [0.1, 0.15) is 142 Å².